The number of amides is 2. The molecule has 10 nitrogen and oxygen atoms in total. The molecule has 144 valence electrons. The third kappa shape index (κ3) is 4.38. The average Bonchev–Trinajstić information content (AvgIpc) is 3.21. The molecule has 0 saturated heterocycles. The lowest BCUT2D eigenvalue weighted by molar-refractivity contribution is -0.118. The summed E-state index contributed by atoms with van der Waals surface area (Å²) in [7, 11) is 0. The molecule has 0 spiro atoms. The Bertz CT molecular complexity index is 975. The number of hydrogen-bond donors (Lipinski definition) is 4. The van der Waals surface area contributed by atoms with Gasteiger partial charge >= 0.3 is 0 Å². The van der Waals surface area contributed by atoms with Crippen LogP contribution in [0.3, 0.4) is 0 Å². The smallest absolute Gasteiger partial charge is 0.254 e. The van der Waals surface area contributed by atoms with E-state index in [0.29, 0.717) is 12.1 Å². The lowest BCUT2D eigenvalue weighted by Crippen LogP contribution is -2.35. The molecule has 0 aliphatic heterocycles. The minimum Gasteiger partial charge on any atom is -0.368 e. The number of nitrogens with one attached hydrogen (secondary N) is 2. The first kappa shape index (κ1) is 19.2. The molecule has 1 atom stereocenters. The highest BCUT2D eigenvalue weighted by atomic mass is 32.1. The van der Waals surface area contributed by atoms with Crippen LogP contribution >= 0.6 is 11.5 Å². The first-order valence-electron chi connectivity index (χ1n) is 8.35. The normalized spacial score (nSPS) is 11.6. The highest BCUT2D eigenvalue weighted by Gasteiger charge is 2.17. The van der Waals surface area contributed by atoms with Crippen molar-refractivity contribution in [3.8, 4) is 10.4 Å². The quantitative estimate of drug-likeness (QED) is 0.444. The summed E-state index contributed by atoms with van der Waals surface area (Å²) < 4.78 is 3.84. The van der Waals surface area contributed by atoms with Gasteiger partial charge in [0, 0.05) is 11.9 Å². The van der Waals surface area contributed by atoms with Gasteiger partial charge in [0.05, 0.1) is 11.1 Å². The second-order valence-electron chi connectivity index (χ2n) is 5.81. The van der Waals surface area contributed by atoms with Crippen LogP contribution in [0.2, 0.25) is 0 Å². The van der Waals surface area contributed by atoms with Gasteiger partial charge in [-0.2, -0.15) is 4.98 Å². The van der Waals surface area contributed by atoms with Gasteiger partial charge in [0.15, 0.2) is 0 Å². The molecule has 2 amide bonds. The fourth-order valence-corrected chi connectivity index (χ4v) is 2.92. The Hall–Kier alpha value is -3.60. The third-order valence-corrected chi connectivity index (χ3v) is 4.62. The molecule has 0 aliphatic carbocycles. The van der Waals surface area contributed by atoms with Gasteiger partial charge in [0.25, 0.3) is 5.91 Å². The molecule has 0 saturated carbocycles. The number of nitrogens with two attached hydrogens (primary N) is 2. The minimum atomic E-state index is -0.677. The van der Waals surface area contributed by atoms with Crippen LogP contribution in [0, 0.1) is 0 Å². The molecular formula is C17H18N8O2S. The van der Waals surface area contributed by atoms with Crippen molar-refractivity contribution >= 4 is 40.8 Å². The number of carbonyl (C=O) groups excluding carboxylic acids is 2. The number of benzene rings is 1. The molecule has 0 unspecified atom stereocenters. The lowest BCUT2D eigenvalue weighted by atomic mass is 10.2. The van der Waals surface area contributed by atoms with Crippen molar-refractivity contribution < 1.29 is 9.59 Å². The van der Waals surface area contributed by atoms with Crippen LogP contribution in [0.4, 0.5) is 17.5 Å². The van der Waals surface area contributed by atoms with E-state index in [-0.39, 0.29) is 17.3 Å². The van der Waals surface area contributed by atoms with Gasteiger partial charge in [-0.05, 0) is 35.6 Å². The van der Waals surface area contributed by atoms with Crippen molar-refractivity contribution in [3.63, 3.8) is 0 Å². The molecule has 28 heavy (non-hydrogen) atoms. The molecule has 3 rings (SSSR count). The average molecular weight is 398 g/mol. The highest BCUT2D eigenvalue weighted by molar-refractivity contribution is 7.09. The van der Waals surface area contributed by atoms with Crippen molar-refractivity contribution in [2.75, 3.05) is 10.6 Å². The van der Waals surface area contributed by atoms with Crippen LogP contribution in [-0.2, 0) is 4.79 Å². The summed E-state index contributed by atoms with van der Waals surface area (Å²) in [6.07, 6.45) is 3.45. The van der Waals surface area contributed by atoms with Crippen LogP contribution in [0.15, 0.2) is 36.7 Å². The van der Waals surface area contributed by atoms with E-state index in [4.69, 9.17) is 11.5 Å². The maximum absolute atomic E-state index is 11.7. The number of aromatic nitrogens is 4. The molecule has 1 aromatic carbocycles. The third-order valence-electron chi connectivity index (χ3n) is 3.90. The van der Waals surface area contributed by atoms with Crippen molar-refractivity contribution in [2.45, 2.75) is 19.4 Å². The Morgan fingerprint density at radius 1 is 1.18 bits per heavy atom. The second kappa shape index (κ2) is 8.39. The van der Waals surface area contributed by atoms with E-state index < -0.39 is 17.9 Å². The van der Waals surface area contributed by atoms with Gasteiger partial charge in [0.1, 0.15) is 17.4 Å². The molecule has 0 aliphatic rings. The van der Waals surface area contributed by atoms with Crippen LogP contribution in [0.1, 0.15) is 23.7 Å². The number of hydrogen-bond acceptors (Lipinski definition) is 9. The molecule has 0 radical (unpaired) electrons. The van der Waals surface area contributed by atoms with E-state index in [1.807, 2.05) is 24.3 Å². The van der Waals surface area contributed by atoms with Crippen molar-refractivity contribution in [2.24, 2.45) is 11.5 Å². The molecule has 0 fully saturated rings. The molecule has 6 N–H and O–H groups in total. The largest absolute Gasteiger partial charge is 0.368 e. The molecule has 3 aromatic rings. The summed E-state index contributed by atoms with van der Waals surface area (Å²) >= 11 is 1.29. The van der Waals surface area contributed by atoms with E-state index in [1.165, 1.54) is 17.7 Å². The van der Waals surface area contributed by atoms with E-state index >= 15 is 0 Å². The Morgan fingerprint density at radius 2 is 1.93 bits per heavy atom. The van der Waals surface area contributed by atoms with Crippen LogP contribution in [-0.4, -0.2) is 37.4 Å². The van der Waals surface area contributed by atoms with Gasteiger partial charge in [-0.15, -0.1) is 5.10 Å². The zero-order valence-electron chi connectivity index (χ0n) is 14.9. The van der Waals surface area contributed by atoms with Gasteiger partial charge < -0.3 is 22.1 Å². The zero-order valence-corrected chi connectivity index (χ0v) is 15.7. The maximum Gasteiger partial charge on any atom is 0.254 e. The van der Waals surface area contributed by atoms with Crippen LogP contribution in [0.5, 0.6) is 0 Å². The predicted octanol–water partition coefficient (Wildman–Crippen LogP) is 1.51. The number of carbonyl (C=O) groups is 2. The Balaban J connectivity index is 1.85. The summed E-state index contributed by atoms with van der Waals surface area (Å²) in [6.45, 7) is 1.81. The summed E-state index contributed by atoms with van der Waals surface area (Å²) in [5, 5.41) is 9.72. The predicted molar refractivity (Wildman–Crippen MR) is 106 cm³/mol. The molecule has 2 heterocycles. The van der Waals surface area contributed by atoms with Gasteiger partial charge in [-0.25, -0.2) is 4.98 Å². The molecule has 11 heteroatoms. The van der Waals surface area contributed by atoms with Gasteiger partial charge in [-0.1, -0.05) is 23.5 Å². The zero-order chi connectivity index (χ0) is 20.1. The highest BCUT2D eigenvalue weighted by Crippen LogP contribution is 2.25. The lowest BCUT2D eigenvalue weighted by Gasteiger charge is -2.15. The van der Waals surface area contributed by atoms with E-state index in [0.717, 1.165) is 10.4 Å². The Labute approximate surface area is 164 Å². The fourth-order valence-electron chi connectivity index (χ4n) is 2.41. The SMILES string of the molecule is CC[C@@H](Nc1ncc(C(N)=O)c(Nc2ccc(-c3cnns3)cc2)n1)C(N)=O. The van der Waals surface area contributed by atoms with Crippen LogP contribution in [0.25, 0.3) is 10.4 Å². The first-order valence-corrected chi connectivity index (χ1v) is 9.12. The topological polar surface area (TPSA) is 162 Å². The van der Waals surface area contributed by atoms with Gasteiger partial charge in [0.2, 0.25) is 11.9 Å². The summed E-state index contributed by atoms with van der Waals surface area (Å²) in [5.41, 5.74) is 12.5. The van der Waals surface area contributed by atoms with Crippen molar-refractivity contribution in [1.82, 2.24) is 19.6 Å². The molecular weight excluding hydrogens is 380 g/mol. The van der Waals surface area contributed by atoms with E-state index in [9.17, 15) is 9.59 Å². The number of rotatable bonds is 8. The summed E-state index contributed by atoms with van der Waals surface area (Å²) in [4.78, 5) is 32.4. The number of nitrogens with zero attached hydrogens (tertiary/aromatic N) is 4. The summed E-state index contributed by atoms with van der Waals surface area (Å²) in [5.74, 6) is -0.821. The van der Waals surface area contributed by atoms with Crippen molar-refractivity contribution in [1.29, 1.82) is 0 Å². The van der Waals surface area contributed by atoms with E-state index in [1.54, 1.807) is 13.1 Å². The van der Waals surface area contributed by atoms with Crippen LogP contribution < -0.4 is 22.1 Å². The number of primary amides is 2. The minimum absolute atomic E-state index is 0.119. The van der Waals surface area contributed by atoms with Crippen molar-refractivity contribution in [3.05, 3.63) is 42.2 Å². The Kier molecular flexibility index (Phi) is 5.75. The maximum atomic E-state index is 11.7. The standard InChI is InChI=1S/C17H18N8O2S/c1-2-12(15(19)27)23-17-20-7-11(14(18)26)16(24-17)22-10-5-3-9(4-6-10)13-8-21-25-28-13/h3-8,12H,2H2,1H3,(H2,18,26)(H2,19,27)(H2,20,22,23,24)/t12-/m1/s1. The molecule has 2 aromatic heterocycles. The monoisotopic (exact) mass is 398 g/mol. The molecule has 0 bridgehead atoms. The van der Waals surface area contributed by atoms with E-state index in [2.05, 4.69) is 30.2 Å². The van der Waals surface area contributed by atoms with Gasteiger partial charge in [-0.3, -0.25) is 9.59 Å². The summed E-state index contributed by atoms with van der Waals surface area (Å²) in [6, 6.07) is 6.81. The Morgan fingerprint density at radius 3 is 2.50 bits per heavy atom. The number of anilines is 3. The fraction of sp³-hybridized carbons (Fsp3) is 0.176. The first-order chi connectivity index (χ1) is 13.5. The second-order valence-corrected chi connectivity index (χ2v) is 6.60.